The van der Waals surface area contributed by atoms with E-state index in [9.17, 15) is 18.5 Å². The average Bonchev–Trinajstić information content (AvgIpc) is 3.58. The molecule has 0 saturated carbocycles. The van der Waals surface area contributed by atoms with Gasteiger partial charge in [-0.2, -0.15) is 0 Å². The molecule has 3 aromatic rings. The maximum atomic E-state index is 13.6. The van der Waals surface area contributed by atoms with Gasteiger partial charge in [-0.1, -0.05) is 36.4 Å². The number of nitrogens with zero attached hydrogens (tertiary/aromatic N) is 2. The van der Waals surface area contributed by atoms with Gasteiger partial charge in [0.15, 0.2) is 4.90 Å². The van der Waals surface area contributed by atoms with Gasteiger partial charge in [0.05, 0.1) is 29.0 Å². The maximum Gasteiger partial charge on any atom is 0.293 e. The van der Waals surface area contributed by atoms with E-state index >= 15 is 0 Å². The van der Waals surface area contributed by atoms with Crippen molar-refractivity contribution in [2.24, 2.45) is 0 Å². The molecule has 8 nitrogen and oxygen atoms in total. The van der Waals surface area contributed by atoms with Gasteiger partial charge < -0.3 is 9.47 Å². The third-order valence-corrected chi connectivity index (χ3v) is 6.27. The van der Waals surface area contributed by atoms with Crippen LogP contribution in [0, 0.1) is 10.1 Å². The number of anilines is 2. The van der Waals surface area contributed by atoms with E-state index in [4.69, 9.17) is 9.47 Å². The molecule has 154 valence electrons. The minimum absolute atomic E-state index is 0.0286. The fourth-order valence-corrected chi connectivity index (χ4v) is 4.59. The van der Waals surface area contributed by atoms with Crippen LogP contribution in [0.3, 0.4) is 0 Å². The van der Waals surface area contributed by atoms with Gasteiger partial charge in [-0.15, -0.1) is 0 Å². The van der Waals surface area contributed by atoms with E-state index in [1.807, 2.05) is 0 Å². The Balaban J connectivity index is 1.80. The van der Waals surface area contributed by atoms with E-state index < -0.39 is 25.5 Å². The van der Waals surface area contributed by atoms with Crippen LogP contribution < -0.4 is 9.04 Å². The van der Waals surface area contributed by atoms with Crippen LogP contribution in [0.4, 0.5) is 17.1 Å². The van der Waals surface area contributed by atoms with Crippen LogP contribution in [-0.2, 0) is 14.8 Å². The molecule has 0 aromatic heterocycles. The average molecular weight is 426 g/mol. The van der Waals surface area contributed by atoms with Crippen molar-refractivity contribution in [3.63, 3.8) is 0 Å². The van der Waals surface area contributed by atoms with E-state index in [1.165, 1.54) is 12.1 Å². The normalized spacial score (nSPS) is 15.4. The SMILES string of the molecule is O=[N+]([O-])c1cc(OCC2CO2)ccc1S(=O)(=O)N(c1ccccc1)c1ccccc1. The summed E-state index contributed by atoms with van der Waals surface area (Å²) in [7, 11) is -4.31. The molecule has 0 aliphatic carbocycles. The number of rotatable bonds is 8. The van der Waals surface area contributed by atoms with Crippen molar-refractivity contribution in [2.75, 3.05) is 17.5 Å². The molecule has 0 radical (unpaired) electrons. The molecule has 1 aliphatic rings. The molecule has 1 heterocycles. The number of nitro groups is 1. The van der Waals surface area contributed by atoms with Crippen LogP contribution >= 0.6 is 0 Å². The second-order valence-electron chi connectivity index (χ2n) is 6.59. The molecule has 0 bridgehead atoms. The lowest BCUT2D eigenvalue weighted by atomic mass is 10.3. The number of nitro benzene ring substituents is 1. The lowest BCUT2D eigenvalue weighted by Gasteiger charge is -2.24. The first-order valence-electron chi connectivity index (χ1n) is 9.15. The Hall–Kier alpha value is -3.43. The quantitative estimate of drug-likeness (QED) is 0.308. The lowest BCUT2D eigenvalue weighted by Crippen LogP contribution is -2.27. The minimum Gasteiger partial charge on any atom is -0.491 e. The molecule has 0 N–H and O–H groups in total. The summed E-state index contributed by atoms with van der Waals surface area (Å²) in [6, 6.07) is 20.6. The van der Waals surface area contributed by atoms with E-state index in [1.54, 1.807) is 60.7 Å². The molecule has 0 amide bonds. The Morgan fingerprint density at radius 1 is 1.00 bits per heavy atom. The summed E-state index contributed by atoms with van der Waals surface area (Å²) in [5.41, 5.74) is 0.175. The summed E-state index contributed by atoms with van der Waals surface area (Å²) in [6.07, 6.45) is -0.0286. The van der Waals surface area contributed by atoms with Crippen molar-refractivity contribution in [3.05, 3.63) is 89.0 Å². The Bertz CT molecular complexity index is 1110. The number of sulfonamides is 1. The third kappa shape index (κ3) is 4.12. The second-order valence-corrected chi connectivity index (χ2v) is 8.35. The number of hydrogen-bond acceptors (Lipinski definition) is 6. The fraction of sp³-hybridized carbons (Fsp3) is 0.143. The van der Waals surface area contributed by atoms with Crippen LogP contribution in [0.15, 0.2) is 83.8 Å². The molecule has 3 aromatic carbocycles. The molecule has 1 fully saturated rings. The Morgan fingerprint density at radius 3 is 2.07 bits per heavy atom. The standard InChI is InChI=1S/C21H18N2O6S/c24-23(25)20-13-18(28-14-19-15-29-19)11-12-21(20)30(26,27)22(16-7-3-1-4-8-16)17-9-5-2-6-10-17/h1-13,19H,14-15H2. The maximum absolute atomic E-state index is 13.6. The number of epoxide rings is 1. The van der Waals surface area contributed by atoms with Crippen molar-refractivity contribution in [1.29, 1.82) is 0 Å². The Kier molecular flexibility index (Phi) is 5.39. The Morgan fingerprint density at radius 2 is 1.57 bits per heavy atom. The van der Waals surface area contributed by atoms with Crippen molar-refractivity contribution in [1.82, 2.24) is 0 Å². The predicted octanol–water partition coefficient (Wildman–Crippen LogP) is 3.90. The van der Waals surface area contributed by atoms with Gasteiger partial charge in [0, 0.05) is 0 Å². The first-order valence-corrected chi connectivity index (χ1v) is 10.6. The highest BCUT2D eigenvalue weighted by atomic mass is 32.2. The van der Waals surface area contributed by atoms with E-state index in [2.05, 4.69) is 0 Å². The van der Waals surface area contributed by atoms with Gasteiger partial charge in [0.25, 0.3) is 15.7 Å². The second kappa shape index (κ2) is 8.13. The lowest BCUT2D eigenvalue weighted by molar-refractivity contribution is -0.387. The van der Waals surface area contributed by atoms with Crippen LogP contribution in [0.1, 0.15) is 0 Å². The van der Waals surface area contributed by atoms with Crippen LogP contribution in [0.2, 0.25) is 0 Å². The predicted molar refractivity (Wildman–Crippen MR) is 111 cm³/mol. The van der Waals surface area contributed by atoms with Crippen LogP contribution in [0.25, 0.3) is 0 Å². The molecule has 1 saturated heterocycles. The zero-order valence-corrected chi connectivity index (χ0v) is 16.6. The summed E-state index contributed by atoms with van der Waals surface area (Å²) in [6.45, 7) is 0.834. The molecule has 4 rings (SSSR count). The van der Waals surface area contributed by atoms with Gasteiger partial charge in [-0.05, 0) is 36.4 Å². The molecule has 30 heavy (non-hydrogen) atoms. The zero-order valence-electron chi connectivity index (χ0n) is 15.7. The summed E-state index contributed by atoms with van der Waals surface area (Å²) in [4.78, 5) is 10.6. The number of benzene rings is 3. The highest BCUT2D eigenvalue weighted by molar-refractivity contribution is 7.93. The van der Waals surface area contributed by atoms with Crippen molar-refractivity contribution in [2.45, 2.75) is 11.0 Å². The van der Waals surface area contributed by atoms with E-state index in [-0.39, 0.29) is 18.5 Å². The third-order valence-electron chi connectivity index (χ3n) is 4.47. The molecule has 9 heteroatoms. The molecule has 1 unspecified atom stereocenters. The zero-order chi connectivity index (χ0) is 21.1. The van der Waals surface area contributed by atoms with Crippen molar-refractivity contribution < 1.29 is 22.8 Å². The molecule has 0 spiro atoms. The highest BCUT2D eigenvalue weighted by Gasteiger charge is 2.34. The van der Waals surface area contributed by atoms with Crippen LogP contribution in [-0.4, -0.2) is 32.7 Å². The first-order chi connectivity index (χ1) is 14.5. The van der Waals surface area contributed by atoms with E-state index in [0.29, 0.717) is 18.0 Å². The topological polar surface area (TPSA) is 102 Å². The largest absolute Gasteiger partial charge is 0.491 e. The summed E-state index contributed by atoms with van der Waals surface area (Å²) in [5.74, 6) is 0.210. The molecule has 1 aliphatic heterocycles. The monoisotopic (exact) mass is 426 g/mol. The number of hydrogen-bond donors (Lipinski definition) is 0. The minimum atomic E-state index is -4.31. The van der Waals surface area contributed by atoms with Crippen molar-refractivity contribution in [3.8, 4) is 5.75 Å². The number of para-hydroxylation sites is 2. The fourth-order valence-electron chi connectivity index (χ4n) is 2.95. The first kappa shape index (κ1) is 19.9. The van der Waals surface area contributed by atoms with Gasteiger partial charge in [-0.25, -0.2) is 12.7 Å². The molecule has 1 atom stereocenters. The van der Waals surface area contributed by atoms with Gasteiger partial charge in [0.2, 0.25) is 0 Å². The smallest absolute Gasteiger partial charge is 0.293 e. The summed E-state index contributed by atoms with van der Waals surface area (Å²) < 4.78 is 38.8. The van der Waals surface area contributed by atoms with Crippen LogP contribution in [0.5, 0.6) is 5.75 Å². The van der Waals surface area contributed by atoms with Gasteiger partial charge in [0.1, 0.15) is 18.5 Å². The van der Waals surface area contributed by atoms with Gasteiger partial charge in [-0.3, -0.25) is 10.1 Å². The highest BCUT2D eigenvalue weighted by Crippen LogP contribution is 2.37. The summed E-state index contributed by atoms with van der Waals surface area (Å²) in [5, 5.41) is 11.7. The molecular weight excluding hydrogens is 408 g/mol. The van der Waals surface area contributed by atoms with Gasteiger partial charge >= 0.3 is 0 Å². The summed E-state index contributed by atoms with van der Waals surface area (Å²) >= 11 is 0. The Labute approximate surface area is 173 Å². The molecular formula is C21H18N2O6S. The number of ether oxygens (including phenoxy) is 2. The van der Waals surface area contributed by atoms with Crippen molar-refractivity contribution >= 4 is 27.1 Å². The van der Waals surface area contributed by atoms with E-state index in [0.717, 1.165) is 10.4 Å².